The average Bonchev–Trinajstić information content (AvgIpc) is 3.59. The molecule has 0 unspecified atom stereocenters. The minimum Gasteiger partial charge on any atom is -0.382 e. The van der Waals surface area contributed by atoms with Gasteiger partial charge in [-0.1, -0.05) is 18.1 Å². The molecule has 1 fully saturated rings. The van der Waals surface area contributed by atoms with Gasteiger partial charge in [0.25, 0.3) is 11.8 Å². The maximum Gasteiger partial charge on any atom is 0.299 e. The molecule has 1 aliphatic rings. The molecule has 0 bridgehead atoms. The number of likely N-dealkylation sites (tertiary alicyclic amines) is 1. The highest BCUT2D eigenvalue weighted by Crippen LogP contribution is 2.36. The van der Waals surface area contributed by atoms with Crippen LogP contribution in [-0.4, -0.2) is 42.6 Å². The van der Waals surface area contributed by atoms with Gasteiger partial charge in [-0.05, 0) is 37.8 Å². The third-order valence-electron chi connectivity index (χ3n) is 5.75. The van der Waals surface area contributed by atoms with Crippen LogP contribution in [0.1, 0.15) is 42.0 Å². The number of carbonyl (C=O) groups is 2. The van der Waals surface area contributed by atoms with Gasteiger partial charge in [0, 0.05) is 35.4 Å². The minimum atomic E-state index is -0.244. The molecule has 1 aliphatic heterocycles. The molecule has 9 nitrogen and oxygen atoms in total. The number of amides is 2. The average molecular weight is 472 g/mol. The van der Waals surface area contributed by atoms with Gasteiger partial charge in [-0.15, -0.1) is 11.3 Å². The van der Waals surface area contributed by atoms with Crippen LogP contribution in [0.5, 0.6) is 0 Å². The number of rotatable bonds is 4. The Balaban J connectivity index is 1.52. The Morgan fingerprint density at radius 1 is 1.24 bits per heavy atom. The Bertz CT molecular complexity index is 1430. The van der Waals surface area contributed by atoms with Crippen LogP contribution in [0, 0.1) is 11.8 Å². The summed E-state index contributed by atoms with van der Waals surface area (Å²) in [5.41, 5.74) is 10.5. The molecule has 3 aromatic heterocycles. The molecule has 4 heterocycles. The molecule has 34 heavy (non-hydrogen) atoms. The number of thiazole rings is 1. The number of nitrogens with two attached hydrogens (primary N) is 1. The molecule has 0 aliphatic carbocycles. The van der Waals surface area contributed by atoms with Crippen molar-refractivity contribution in [3.8, 4) is 23.1 Å². The topological polar surface area (TPSA) is 119 Å². The number of imidazole rings is 1. The Morgan fingerprint density at radius 3 is 2.79 bits per heavy atom. The smallest absolute Gasteiger partial charge is 0.299 e. The van der Waals surface area contributed by atoms with E-state index in [9.17, 15) is 9.59 Å². The number of nitrogens with zero attached hydrogens (tertiary/aromatic N) is 5. The van der Waals surface area contributed by atoms with E-state index >= 15 is 0 Å². The number of benzene rings is 1. The van der Waals surface area contributed by atoms with Gasteiger partial charge >= 0.3 is 0 Å². The van der Waals surface area contributed by atoms with E-state index in [4.69, 9.17) is 10.7 Å². The molecule has 5 rings (SSSR count). The van der Waals surface area contributed by atoms with Crippen molar-refractivity contribution in [2.24, 2.45) is 0 Å². The zero-order chi connectivity index (χ0) is 23.7. The summed E-state index contributed by atoms with van der Waals surface area (Å²) in [6, 6.07) is 6.91. The fraction of sp³-hybridized carbons (Fsp3) is 0.208. The number of nitrogen functional groups attached to an aromatic ring is 1. The minimum absolute atomic E-state index is 0.208. The summed E-state index contributed by atoms with van der Waals surface area (Å²) in [6.07, 6.45) is 5.08. The van der Waals surface area contributed by atoms with Gasteiger partial charge in [0.05, 0.1) is 11.6 Å². The standard InChI is InChI=1S/C24H21N7O2S/c1-2-4-19(32)30-11-3-5-17(30)23-29-20(21-22(25)26-10-12-31(21)23)15-6-8-16(9-7-15)24(33)28-18-13-34-14-27-18/h6-10,12-14,17H,3,5,11H2,1H3,(H2,25,26)(H,28,33)/t17-/m0/s1. The number of hydrogen-bond acceptors (Lipinski definition) is 7. The second kappa shape index (κ2) is 8.96. The van der Waals surface area contributed by atoms with Crippen LogP contribution in [0.2, 0.25) is 0 Å². The third kappa shape index (κ3) is 3.86. The summed E-state index contributed by atoms with van der Waals surface area (Å²) >= 11 is 1.41. The van der Waals surface area contributed by atoms with E-state index in [-0.39, 0.29) is 17.9 Å². The third-order valence-corrected chi connectivity index (χ3v) is 6.33. The highest BCUT2D eigenvalue weighted by atomic mass is 32.1. The highest BCUT2D eigenvalue weighted by Gasteiger charge is 2.33. The fourth-order valence-electron chi connectivity index (χ4n) is 4.22. The van der Waals surface area contributed by atoms with E-state index in [2.05, 4.69) is 27.1 Å². The number of hydrogen-bond donors (Lipinski definition) is 2. The van der Waals surface area contributed by atoms with Gasteiger partial charge in [-0.3, -0.25) is 14.0 Å². The Morgan fingerprint density at radius 2 is 2.06 bits per heavy atom. The molecule has 0 saturated carbocycles. The van der Waals surface area contributed by atoms with Crippen LogP contribution >= 0.6 is 11.3 Å². The van der Waals surface area contributed by atoms with E-state index in [1.54, 1.807) is 47.2 Å². The predicted molar refractivity (Wildman–Crippen MR) is 130 cm³/mol. The van der Waals surface area contributed by atoms with Crippen molar-refractivity contribution in [3.63, 3.8) is 0 Å². The van der Waals surface area contributed by atoms with Gasteiger partial charge in [-0.2, -0.15) is 0 Å². The molecule has 1 aromatic carbocycles. The maximum absolute atomic E-state index is 12.6. The largest absolute Gasteiger partial charge is 0.382 e. The summed E-state index contributed by atoms with van der Waals surface area (Å²) in [7, 11) is 0. The molecule has 170 valence electrons. The van der Waals surface area contributed by atoms with E-state index in [0.717, 1.165) is 18.4 Å². The second-order valence-corrected chi connectivity index (χ2v) is 8.51. The van der Waals surface area contributed by atoms with Crippen molar-refractivity contribution >= 4 is 40.3 Å². The lowest BCUT2D eigenvalue weighted by Gasteiger charge is -2.21. The molecular formula is C24H21N7O2S. The summed E-state index contributed by atoms with van der Waals surface area (Å²) in [6.45, 7) is 2.28. The zero-order valence-electron chi connectivity index (χ0n) is 18.4. The summed E-state index contributed by atoms with van der Waals surface area (Å²) in [5, 5.41) is 4.53. The molecule has 4 aromatic rings. The quantitative estimate of drug-likeness (QED) is 0.441. The van der Waals surface area contributed by atoms with Crippen LogP contribution in [0.4, 0.5) is 11.6 Å². The summed E-state index contributed by atoms with van der Waals surface area (Å²) in [4.78, 5) is 40.1. The van der Waals surface area contributed by atoms with Crippen molar-refractivity contribution in [2.75, 3.05) is 17.6 Å². The van der Waals surface area contributed by atoms with Crippen LogP contribution in [0.15, 0.2) is 47.5 Å². The van der Waals surface area contributed by atoms with Crippen LogP contribution in [0.3, 0.4) is 0 Å². The summed E-state index contributed by atoms with van der Waals surface area (Å²) in [5.74, 6) is 6.45. The molecule has 0 spiro atoms. The van der Waals surface area contributed by atoms with Crippen molar-refractivity contribution in [1.82, 2.24) is 24.3 Å². The monoisotopic (exact) mass is 471 g/mol. The lowest BCUT2D eigenvalue weighted by Crippen LogP contribution is -2.30. The van der Waals surface area contributed by atoms with Crippen LogP contribution in [-0.2, 0) is 4.79 Å². The Labute approximate surface area is 199 Å². The molecule has 10 heteroatoms. The molecule has 0 radical (unpaired) electrons. The first kappa shape index (κ1) is 21.6. The molecule has 1 saturated heterocycles. The maximum atomic E-state index is 12.6. The molecule has 3 N–H and O–H groups in total. The van der Waals surface area contributed by atoms with Gasteiger partial charge in [0.1, 0.15) is 28.7 Å². The van der Waals surface area contributed by atoms with E-state index in [1.165, 1.54) is 11.3 Å². The number of nitrogens with one attached hydrogen (secondary N) is 1. The van der Waals surface area contributed by atoms with Gasteiger partial charge in [-0.25, -0.2) is 15.0 Å². The van der Waals surface area contributed by atoms with Crippen molar-refractivity contribution in [1.29, 1.82) is 0 Å². The van der Waals surface area contributed by atoms with Gasteiger partial charge in [0.15, 0.2) is 0 Å². The molecular weight excluding hydrogens is 450 g/mol. The number of carbonyl (C=O) groups excluding carboxylic acids is 2. The number of fused-ring (bicyclic) bond motifs is 1. The normalized spacial score (nSPS) is 15.2. The first-order valence-corrected chi connectivity index (χ1v) is 11.7. The van der Waals surface area contributed by atoms with Crippen LogP contribution in [0.25, 0.3) is 16.8 Å². The number of anilines is 2. The summed E-state index contributed by atoms with van der Waals surface area (Å²) < 4.78 is 1.90. The lowest BCUT2D eigenvalue weighted by molar-refractivity contribution is -0.126. The van der Waals surface area contributed by atoms with Crippen molar-refractivity contribution < 1.29 is 9.59 Å². The highest BCUT2D eigenvalue weighted by molar-refractivity contribution is 7.07. The van der Waals surface area contributed by atoms with Crippen molar-refractivity contribution in [2.45, 2.75) is 25.8 Å². The zero-order valence-corrected chi connectivity index (χ0v) is 19.2. The second-order valence-electron chi connectivity index (χ2n) is 7.79. The van der Waals surface area contributed by atoms with Gasteiger partial charge in [0.2, 0.25) is 0 Å². The lowest BCUT2D eigenvalue weighted by atomic mass is 10.1. The predicted octanol–water partition coefficient (Wildman–Crippen LogP) is 3.37. The first-order chi connectivity index (χ1) is 16.6. The van der Waals surface area contributed by atoms with E-state index in [1.807, 2.05) is 16.5 Å². The Kier molecular flexibility index (Phi) is 5.69. The van der Waals surface area contributed by atoms with E-state index < -0.39 is 0 Å². The van der Waals surface area contributed by atoms with Crippen molar-refractivity contribution in [3.05, 3.63) is 58.9 Å². The van der Waals surface area contributed by atoms with Gasteiger partial charge < -0.3 is 16.0 Å². The fourth-order valence-corrected chi connectivity index (χ4v) is 4.71. The Hall–Kier alpha value is -4.23. The SMILES string of the molecule is CC#CC(=O)N1CCC[C@H]1c1nc(-c2ccc(C(=O)Nc3cscn3)cc2)c2c(N)nccn12. The van der Waals surface area contributed by atoms with Crippen LogP contribution < -0.4 is 11.1 Å². The number of aromatic nitrogens is 4. The molecule has 2 amide bonds. The van der Waals surface area contributed by atoms with E-state index in [0.29, 0.717) is 40.8 Å². The molecule has 1 atom stereocenters. The first-order valence-electron chi connectivity index (χ1n) is 10.7.